The molecule has 0 saturated heterocycles. The Bertz CT molecular complexity index is 103. The normalized spacial score (nSPS) is 8.56. The van der Waals surface area contributed by atoms with E-state index in [2.05, 4.69) is 17.5 Å². The first-order valence-electron chi connectivity index (χ1n) is 3.04. The first-order valence-corrected chi connectivity index (χ1v) is 3.51. The Morgan fingerprint density at radius 2 is 2.44 bits per heavy atom. The van der Waals surface area contributed by atoms with E-state index in [1.807, 2.05) is 6.92 Å². The van der Waals surface area contributed by atoms with Crippen molar-refractivity contribution in [3.63, 3.8) is 0 Å². The molecule has 0 heterocycles. The van der Waals surface area contributed by atoms with Crippen LogP contribution in [0.25, 0.3) is 0 Å². The van der Waals surface area contributed by atoms with Gasteiger partial charge in [-0.1, -0.05) is 25.6 Å². The molecule has 0 fully saturated rings. The number of hydrogen-bond donors (Lipinski definition) is 1. The van der Waals surface area contributed by atoms with Crippen molar-refractivity contribution in [2.45, 2.75) is 26.2 Å². The van der Waals surface area contributed by atoms with Crippen LogP contribution in [-0.2, 0) is 4.79 Å². The van der Waals surface area contributed by atoms with Crippen LogP contribution in [0.3, 0.4) is 0 Å². The lowest BCUT2D eigenvalue weighted by atomic mass is 10.2. The maximum absolute atomic E-state index is 10.6. The fraction of sp³-hybridized carbons (Fsp3) is 0.667. The van der Waals surface area contributed by atoms with Crippen LogP contribution in [0.5, 0.6) is 0 Å². The third kappa shape index (κ3) is 5.43. The topological polar surface area (TPSA) is 29.1 Å². The van der Waals surface area contributed by atoms with Crippen molar-refractivity contribution in [2.75, 3.05) is 0 Å². The molecule has 0 aliphatic heterocycles. The molecular formula is C6H11NOS. The molecule has 0 aliphatic rings. The van der Waals surface area contributed by atoms with Crippen LogP contribution >= 0.6 is 12.2 Å². The summed E-state index contributed by atoms with van der Waals surface area (Å²) in [6, 6.07) is 0. The second-order valence-corrected chi connectivity index (χ2v) is 2.02. The maximum Gasteiger partial charge on any atom is 0.224 e. The summed E-state index contributed by atoms with van der Waals surface area (Å²) in [6.07, 6.45) is 2.57. The Morgan fingerprint density at radius 3 is 2.89 bits per heavy atom. The van der Waals surface area contributed by atoms with Gasteiger partial charge in [-0.25, -0.2) is 0 Å². The summed E-state index contributed by atoms with van der Waals surface area (Å²) in [7, 11) is 0. The number of unbranched alkanes of at least 4 members (excludes halogenated alkanes) is 1. The minimum absolute atomic E-state index is 0.0202. The lowest BCUT2D eigenvalue weighted by Gasteiger charge is -1.94. The van der Waals surface area contributed by atoms with Gasteiger partial charge < -0.3 is 5.32 Å². The monoisotopic (exact) mass is 145 g/mol. The largest absolute Gasteiger partial charge is 0.323 e. The van der Waals surface area contributed by atoms with E-state index in [-0.39, 0.29) is 5.91 Å². The molecule has 0 aromatic carbocycles. The second kappa shape index (κ2) is 5.69. The molecule has 0 aromatic heterocycles. The van der Waals surface area contributed by atoms with E-state index in [1.54, 1.807) is 0 Å². The summed E-state index contributed by atoms with van der Waals surface area (Å²) in [5.41, 5.74) is 1.25. The minimum atomic E-state index is 0.0202. The predicted octanol–water partition coefficient (Wildman–Crippen LogP) is 1.25. The van der Waals surface area contributed by atoms with E-state index in [9.17, 15) is 4.79 Å². The molecule has 9 heavy (non-hydrogen) atoms. The van der Waals surface area contributed by atoms with Gasteiger partial charge >= 0.3 is 0 Å². The van der Waals surface area contributed by atoms with E-state index in [0.29, 0.717) is 6.42 Å². The highest BCUT2D eigenvalue weighted by molar-refractivity contribution is 7.78. The molecule has 0 aromatic rings. The van der Waals surface area contributed by atoms with Gasteiger partial charge in [-0.05, 0) is 6.42 Å². The zero-order valence-corrected chi connectivity index (χ0v) is 6.33. The average molecular weight is 145 g/mol. The van der Waals surface area contributed by atoms with E-state index in [1.165, 1.54) is 5.49 Å². The summed E-state index contributed by atoms with van der Waals surface area (Å²) in [5.74, 6) is 0.0202. The van der Waals surface area contributed by atoms with Gasteiger partial charge in [0, 0.05) is 6.42 Å². The highest BCUT2D eigenvalue weighted by Gasteiger charge is 1.94. The zero-order valence-electron chi connectivity index (χ0n) is 5.52. The number of carbonyl (C=O) groups is 1. The molecule has 3 heteroatoms. The smallest absolute Gasteiger partial charge is 0.224 e. The standard InChI is InChI=1S/C6H11NOS/c1-2-3-4-6(8)7-5-9/h5H,2-4H2,1H3,(H,7,8,9). The molecule has 0 rings (SSSR count). The van der Waals surface area contributed by atoms with Crippen LogP contribution < -0.4 is 5.32 Å². The molecule has 0 aliphatic carbocycles. The quantitative estimate of drug-likeness (QED) is 0.603. The van der Waals surface area contributed by atoms with Gasteiger partial charge in [-0.15, -0.1) is 0 Å². The molecule has 0 spiro atoms. The molecule has 1 N–H and O–H groups in total. The molecule has 1 amide bonds. The van der Waals surface area contributed by atoms with Gasteiger partial charge in [0.25, 0.3) is 0 Å². The van der Waals surface area contributed by atoms with Gasteiger partial charge in [0.1, 0.15) is 0 Å². The van der Waals surface area contributed by atoms with Crippen LogP contribution in [-0.4, -0.2) is 11.4 Å². The fourth-order valence-electron chi connectivity index (χ4n) is 0.475. The number of hydrogen-bond acceptors (Lipinski definition) is 2. The molecule has 0 bridgehead atoms. The molecule has 52 valence electrons. The van der Waals surface area contributed by atoms with Crippen LogP contribution in [0.2, 0.25) is 0 Å². The number of rotatable bonds is 4. The SMILES string of the molecule is CCCCC(=O)NC=S. The van der Waals surface area contributed by atoms with Crippen molar-refractivity contribution >= 4 is 23.6 Å². The Labute approximate surface area is 60.6 Å². The molecule has 0 unspecified atom stereocenters. The molecule has 0 radical (unpaired) electrons. The average Bonchev–Trinajstić information content (AvgIpc) is 1.85. The number of carbonyl (C=O) groups excluding carboxylic acids is 1. The van der Waals surface area contributed by atoms with Crippen molar-refractivity contribution in [1.82, 2.24) is 5.32 Å². The third-order valence-corrected chi connectivity index (χ3v) is 1.10. The fourth-order valence-corrected chi connectivity index (χ4v) is 0.607. The van der Waals surface area contributed by atoms with Crippen molar-refractivity contribution < 1.29 is 4.79 Å². The van der Waals surface area contributed by atoms with Crippen LogP contribution in [0, 0.1) is 0 Å². The predicted molar refractivity (Wildman–Crippen MR) is 41.3 cm³/mol. The Kier molecular flexibility index (Phi) is 5.41. The van der Waals surface area contributed by atoms with E-state index < -0.39 is 0 Å². The highest BCUT2D eigenvalue weighted by atomic mass is 32.1. The maximum atomic E-state index is 10.6. The van der Waals surface area contributed by atoms with Crippen molar-refractivity contribution in [2.24, 2.45) is 0 Å². The van der Waals surface area contributed by atoms with E-state index in [0.717, 1.165) is 12.8 Å². The van der Waals surface area contributed by atoms with Gasteiger partial charge in [0.05, 0.1) is 5.49 Å². The van der Waals surface area contributed by atoms with Crippen molar-refractivity contribution in [1.29, 1.82) is 0 Å². The van der Waals surface area contributed by atoms with Gasteiger partial charge in [0.15, 0.2) is 0 Å². The van der Waals surface area contributed by atoms with Crippen molar-refractivity contribution in [3.05, 3.63) is 0 Å². The molecule has 0 atom stereocenters. The summed E-state index contributed by atoms with van der Waals surface area (Å²) >= 11 is 4.42. The third-order valence-electron chi connectivity index (χ3n) is 0.977. The van der Waals surface area contributed by atoms with Crippen molar-refractivity contribution in [3.8, 4) is 0 Å². The van der Waals surface area contributed by atoms with E-state index in [4.69, 9.17) is 0 Å². The molecule has 2 nitrogen and oxygen atoms in total. The summed E-state index contributed by atoms with van der Waals surface area (Å²) < 4.78 is 0. The zero-order chi connectivity index (χ0) is 7.11. The first kappa shape index (κ1) is 8.56. The second-order valence-electron chi connectivity index (χ2n) is 1.79. The Morgan fingerprint density at radius 1 is 1.78 bits per heavy atom. The minimum Gasteiger partial charge on any atom is -0.323 e. The number of nitrogens with one attached hydrogen (secondary N) is 1. The lowest BCUT2D eigenvalue weighted by Crippen LogP contribution is -2.19. The number of amides is 1. The Hall–Kier alpha value is -0.440. The lowest BCUT2D eigenvalue weighted by molar-refractivity contribution is -0.119. The van der Waals surface area contributed by atoms with Crippen LogP contribution in [0.1, 0.15) is 26.2 Å². The van der Waals surface area contributed by atoms with E-state index >= 15 is 0 Å². The summed E-state index contributed by atoms with van der Waals surface area (Å²) in [6.45, 7) is 2.05. The molecule has 0 saturated carbocycles. The van der Waals surface area contributed by atoms with Crippen LogP contribution in [0.4, 0.5) is 0 Å². The number of thiocarbonyl (C=S) groups is 1. The highest BCUT2D eigenvalue weighted by Crippen LogP contribution is 1.91. The van der Waals surface area contributed by atoms with Crippen LogP contribution in [0.15, 0.2) is 0 Å². The summed E-state index contributed by atoms with van der Waals surface area (Å²) in [5, 5.41) is 2.43. The van der Waals surface area contributed by atoms with Gasteiger partial charge in [0.2, 0.25) is 5.91 Å². The Balaban J connectivity index is 3.16. The summed E-state index contributed by atoms with van der Waals surface area (Å²) in [4.78, 5) is 10.6. The van der Waals surface area contributed by atoms with Gasteiger partial charge in [-0.2, -0.15) is 0 Å². The van der Waals surface area contributed by atoms with Gasteiger partial charge in [-0.3, -0.25) is 4.79 Å². The molecular weight excluding hydrogens is 134 g/mol. The first-order chi connectivity index (χ1) is 4.31.